The summed E-state index contributed by atoms with van der Waals surface area (Å²) in [5, 5.41) is 2.91. The van der Waals surface area contributed by atoms with Gasteiger partial charge >= 0.3 is 0 Å². The Morgan fingerprint density at radius 3 is 2.39 bits per heavy atom. The lowest BCUT2D eigenvalue weighted by Gasteiger charge is -2.18. The molecule has 0 radical (unpaired) electrons. The molecule has 0 aliphatic heterocycles. The average molecular weight is 248 g/mol. The van der Waals surface area contributed by atoms with Crippen molar-refractivity contribution < 1.29 is 8.78 Å². The van der Waals surface area contributed by atoms with E-state index in [1.165, 1.54) is 0 Å². The van der Waals surface area contributed by atoms with Gasteiger partial charge in [0.2, 0.25) is 0 Å². The fraction of sp³-hybridized carbons (Fsp3) is 0.143. The minimum Gasteiger partial charge on any atom is -0.376 e. The van der Waals surface area contributed by atoms with Crippen molar-refractivity contribution in [2.24, 2.45) is 0 Å². The Kier molecular flexibility index (Phi) is 3.46. The SMILES string of the molecule is CN(C)c1ccccc1Nc1cc(F)ccc1F. The third-order valence-corrected chi connectivity index (χ3v) is 2.58. The zero-order valence-electron chi connectivity index (χ0n) is 10.2. The van der Waals surface area contributed by atoms with Gasteiger partial charge in [0.25, 0.3) is 0 Å². The molecule has 0 bridgehead atoms. The average Bonchev–Trinajstić information content (AvgIpc) is 2.34. The van der Waals surface area contributed by atoms with Gasteiger partial charge < -0.3 is 10.2 Å². The highest BCUT2D eigenvalue weighted by Crippen LogP contribution is 2.28. The van der Waals surface area contributed by atoms with Crippen LogP contribution < -0.4 is 10.2 Å². The van der Waals surface area contributed by atoms with Crippen LogP contribution in [0.15, 0.2) is 42.5 Å². The summed E-state index contributed by atoms with van der Waals surface area (Å²) in [7, 11) is 3.78. The first-order valence-electron chi connectivity index (χ1n) is 5.56. The van der Waals surface area contributed by atoms with Crippen molar-refractivity contribution in [1.82, 2.24) is 0 Å². The zero-order valence-corrected chi connectivity index (χ0v) is 10.2. The fourth-order valence-electron chi connectivity index (χ4n) is 1.71. The molecule has 0 aromatic heterocycles. The van der Waals surface area contributed by atoms with Crippen LogP contribution >= 0.6 is 0 Å². The molecule has 18 heavy (non-hydrogen) atoms. The van der Waals surface area contributed by atoms with E-state index in [0.717, 1.165) is 29.6 Å². The van der Waals surface area contributed by atoms with Gasteiger partial charge in [0.15, 0.2) is 0 Å². The van der Waals surface area contributed by atoms with Crippen molar-refractivity contribution in [1.29, 1.82) is 0 Å². The summed E-state index contributed by atoms with van der Waals surface area (Å²) in [5.74, 6) is -0.953. The Morgan fingerprint density at radius 1 is 0.944 bits per heavy atom. The summed E-state index contributed by atoms with van der Waals surface area (Å²) in [4.78, 5) is 1.90. The molecule has 0 saturated heterocycles. The number of rotatable bonds is 3. The first-order valence-corrected chi connectivity index (χ1v) is 5.56. The summed E-state index contributed by atoms with van der Waals surface area (Å²) >= 11 is 0. The minimum absolute atomic E-state index is 0.129. The third kappa shape index (κ3) is 2.59. The van der Waals surface area contributed by atoms with E-state index in [0.29, 0.717) is 0 Å². The molecular formula is C14H14F2N2. The molecule has 0 fully saturated rings. The molecule has 0 saturated carbocycles. The maximum absolute atomic E-state index is 13.5. The second-order valence-corrected chi connectivity index (χ2v) is 4.16. The number of benzene rings is 2. The molecule has 2 rings (SSSR count). The molecule has 0 unspecified atom stereocenters. The monoisotopic (exact) mass is 248 g/mol. The predicted octanol–water partition coefficient (Wildman–Crippen LogP) is 3.77. The molecule has 0 atom stereocenters. The van der Waals surface area contributed by atoms with Crippen molar-refractivity contribution >= 4 is 17.1 Å². The Morgan fingerprint density at radius 2 is 1.67 bits per heavy atom. The van der Waals surface area contributed by atoms with Crippen LogP contribution in [0.3, 0.4) is 0 Å². The van der Waals surface area contributed by atoms with Crippen LogP contribution in [0.5, 0.6) is 0 Å². The van der Waals surface area contributed by atoms with Crippen LogP contribution in [0.25, 0.3) is 0 Å². The van der Waals surface area contributed by atoms with Crippen molar-refractivity contribution in [3.8, 4) is 0 Å². The maximum atomic E-state index is 13.5. The van der Waals surface area contributed by atoms with E-state index >= 15 is 0 Å². The first-order chi connectivity index (χ1) is 8.58. The Bertz CT molecular complexity index is 553. The normalized spacial score (nSPS) is 10.2. The first kappa shape index (κ1) is 12.4. The smallest absolute Gasteiger partial charge is 0.146 e. The van der Waals surface area contributed by atoms with E-state index in [-0.39, 0.29) is 5.69 Å². The highest BCUT2D eigenvalue weighted by molar-refractivity contribution is 5.75. The largest absolute Gasteiger partial charge is 0.376 e. The lowest BCUT2D eigenvalue weighted by molar-refractivity contribution is 0.603. The molecule has 4 heteroatoms. The summed E-state index contributed by atoms with van der Waals surface area (Å²) in [6, 6.07) is 10.8. The summed E-state index contributed by atoms with van der Waals surface area (Å²) in [5.41, 5.74) is 1.76. The number of nitrogens with zero attached hydrogens (tertiary/aromatic N) is 1. The van der Waals surface area contributed by atoms with Crippen LogP contribution in [0.4, 0.5) is 25.8 Å². The molecule has 0 aliphatic rings. The van der Waals surface area contributed by atoms with E-state index in [2.05, 4.69) is 5.32 Å². The Labute approximate surface area is 105 Å². The van der Waals surface area contributed by atoms with Crippen LogP contribution in [-0.2, 0) is 0 Å². The fourth-order valence-corrected chi connectivity index (χ4v) is 1.71. The maximum Gasteiger partial charge on any atom is 0.146 e. The molecular weight excluding hydrogens is 234 g/mol. The summed E-state index contributed by atoms with van der Waals surface area (Å²) in [6.45, 7) is 0. The quantitative estimate of drug-likeness (QED) is 0.889. The molecule has 2 aromatic carbocycles. The summed E-state index contributed by atoms with van der Waals surface area (Å²) < 4.78 is 26.6. The van der Waals surface area contributed by atoms with Gasteiger partial charge in [-0.1, -0.05) is 12.1 Å². The van der Waals surface area contributed by atoms with Crippen molar-refractivity contribution in [3.05, 3.63) is 54.1 Å². The molecule has 94 valence electrons. The van der Waals surface area contributed by atoms with Gasteiger partial charge in [-0.15, -0.1) is 0 Å². The van der Waals surface area contributed by atoms with Crippen LogP contribution in [0, 0.1) is 11.6 Å². The number of nitrogens with one attached hydrogen (secondary N) is 1. The van der Waals surface area contributed by atoms with Gasteiger partial charge in [0.1, 0.15) is 11.6 Å². The molecule has 0 aliphatic carbocycles. The number of hydrogen-bond donors (Lipinski definition) is 1. The van der Waals surface area contributed by atoms with Gasteiger partial charge in [-0.2, -0.15) is 0 Å². The number of halogens is 2. The van der Waals surface area contributed by atoms with Gasteiger partial charge in [-0.05, 0) is 24.3 Å². The lowest BCUT2D eigenvalue weighted by atomic mass is 10.2. The molecule has 2 aromatic rings. The summed E-state index contributed by atoms with van der Waals surface area (Å²) in [6.07, 6.45) is 0. The predicted molar refractivity (Wildman–Crippen MR) is 70.4 cm³/mol. The van der Waals surface area contributed by atoms with Crippen LogP contribution in [0.1, 0.15) is 0 Å². The zero-order chi connectivity index (χ0) is 13.1. The lowest BCUT2D eigenvalue weighted by Crippen LogP contribution is -2.11. The highest BCUT2D eigenvalue weighted by atomic mass is 19.1. The number of para-hydroxylation sites is 2. The Hall–Kier alpha value is -2.10. The van der Waals surface area contributed by atoms with Gasteiger partial charge in [-0.3, -0.25) is 0 Å². The van der Waals surface area contributed by atoms with Crippen molar-refractivity contribution in [2.45, 2.75) is 0 Å². The molecule has 2 nitrogen and oxygen atoms in total. The van der Waals surface area contributed by atoms with E-state index in [4.69, 9.17) is 0 Å². The topological polar surface area (TPSA) is 15.3 Å². The van der Waals surface area contributed by atoms with E-state index < -0.39 is 11.6 Å². The second-order valence-electron chi connectivity index (χ2n) is 4.16. The van der Waals surface area contributed by atoms with Crippen molar-refractivity contribution in [3.63, 3.8) is 0 Å². The minimum atomic E-state index is -0.482. The van der Waals surface area contributed by atoms with E-state index in [9.17, 15) is 8.78 Å². The van der Waals surface area contributed by atoms with Gasteiger partial charge in [0.05, 0.1) is 17.1 Å². The standard InChI is InChI=1S/C14H14F2N2/c1-18(2)14-6-4-3-5-12(14)17-13-9-10(15)7-8-11(13)16/h3-9,17H,1-2H3. The van der Waals surface area contributed by atoms with Gasteiger partial charge in [-0.25, -0.2) is 8.78 Å². The van der Waals surface area contributed by atoms with Crippen LogP contribution in [-0.4, -0.2) is 14.1 Å². The second kappa shape index (κ2) is 5.04. The molecule has 1 N–H and O–H groups in total. The molecule has 0 heterocycles. The van der Waals surface area contributed by atoms with Crippen molar-refractivity contribution in [2.75, 3.05) is 24.3 Å². The van der Waals surface area contributed by atoms with E-state index in [1.807, 2.05) is 43.3 Å². The molecule has 0 spiro atoms. The number of anilines is 3. The highest BCUT2D eigenvalue weighted by Gasteiger charge is 2.07. The third-order valence-electron chi connectivity index (χ3n) is 2.58. The van der Waals surface area contributed by atoms with E-state index in [1.54, 1.807) is 0 Å². The van der Waals surface area contributed by atoms with Crippen LogP contribution in [0.2, 0.25) is 0 Å². The molecule has 0 amide bonds. The van der Waals surface area contributed by atoms with Gasteiger partial charge in [0, 0.05) is 20.2 Å². The number of hydrogen-bond acceptors (Lipinski definition) is 2. The Balaban J connectivity index is 2.37.